The number of fused-ring (bicyclic) bond motifs is 1. The number of amides is 1. The van der Waals surface area contributed by atoms with Crippen LogP contribution in [0.5, 0.6) is 0 Å². The van der Waals surface area contributed by atoms with Crippen LogP contribution in [0, 0.1) is 19.3 Å². The quantitative estimate of drug-likeness (QED) is 0.652. The van der Waals surface area contributed by atoms with Crippen LogP contribution in [-0.4, -0.2) is 58.8 Å². The summed E-state index contributed by atoms with van der Waals surface area (Å²) in [6, 6.07) is 2.01. The number of nitrogens with zero attached hydrogens (tertiary/aromatic N) is 5. The van der Waals surface area contributed by atoms with E-state index in [9.17, 15) is 4.79 Å². The fraction of sp³-hybridized carbons (Fsp3) is 0.500. The molecule has 1 atom stereocenters. The molecule has 1 spiro atoms. The highest BCUT2D eigenvalue weighted by Crippen LogP contribution is 2.36. The molecule has 0 saturated carbocycles. The Hall–Kier alpha value is -2.52. The van der Waals surface area contributed by atoms with Crippen LogP contribution in [0.15, 0.2) is 22.2 Å². The zero-order valence-corrected chi connectivity index (χ0v) is 17.4. The van der Waals surface area contributed by atoms with Gasteiger partial charge in [0.05, 0.1) is 41.9 Å². The average molecular weight is 414 g/mol. The molecule has 0 aliphatic carbocycles. The second kappa shape index (κ2) is 7.07. The maximum atomic E-state index is 12.9. The van der Waals surface area contributed by atoms with Crippen LogP contribution in [0.1, 0.15) is 23.4 Å². The molecule has 5 rings (SSSR count). The first-order chi connectivity index (χ1) is 14.0. The van der Waals surface area contributed by atoms with Gasteiger partial charge in [-0.2, -0.15) is 0 Å². The van der Waals surface area contributed by atoms with Crippen molar-refractivity contribution < 1.29 is 14.1 Å². The maximum Gasteiger partial charge on any atom is 0.226 e. The topological polar surface area (TPSA) is 84.6 Å². The SMILES string of the molecule is Cc1noc(C)c1CN1CC2(COCCN(c3ncc4sccc4n3)C2)CC1=O. The summed E-state index contributed by atoms with van der Waals surface area (Å²) in [7, 11) is 0. The van der Waals surface area contributed by atoms with Gasteiger partial charge in [0.15, 0.2) is 0 Å². The lowest BCUT2D eigenvalue weighted by molar-refractivity contribution is -0.128. The standard InChI is InChI=1S/C20H23N5O3S/c1-13-15(14(2)28-23-13)9-25-11-20(7-18(25)26)10-24(4-5-27-12-20)19-21-8-17-16(22-19)3-6-29-17/h3,6,8H,4-5,7,9-12H2,1-2H3. The van der Waals surface area contributed by atoms with Gasteiger partial charge in [0.2, 0.25) is 11.9 Å². The number of rotatable bonds is 3. The van der Waals surface area contributed by atoms with E-state index in [2.05, 4.69) is 15.0 Å². The first-order valence-electron chi connectivity index (χ1n) is 9.75. The van der Waals surface area contributed by atoms with Gasteiger partial charge in [0.1, 0.15) is 5.76 Å². The van der Waals surface area contributed by atoms with Crippen molar-refractivity contribution in [1.29, 1.82) is 0 Å². The Morgan fingerprint density at radius 3 is 3.03 bits per heavy atom. The average Bonchev–Trinajstić information content (AvgIpc) is 3.33. The van der Waals surface area contributed by atoms with E-state index in [1.807, 2.05) is 36.4 Å². The number of likely N-dealkylation sites (tertiary alicyclic amines) is 1. The Labute approximate surface area is 172 Å². The minimum atomic E-state index is -0.264. The van der Waals surface area contributed by atoms with Crippen LogP contribution in [0.4, 0.5) is 5.95 Å². The zero-order valence-electron chi connectivity index (χ0n) is 16.6. The van der Waals surface area contributed by atoms with Gasteiger partial charge in [-0.25, -0.2) is 9.97 Å². The predicted octanol–water partition coefficient (Wildman–Crippen LogP) is 2.55. The zero-order chi connectivity index (χ0) is 20.0. The molecule has 152 valence electrons. The molecule has 0 radical (unpaired) electrons. The summed E-state index contributed by atoms with van der Waals surface area (Å²) in [5, 5.41) is 6.04. The smallest absolute Gasteiger partial charge is 0.226 e. The third-order valence-electron chi connectivity index (χ3n) is 5.85. The van der Waals surface area contributed by atoms with Crippen molar-refractivity contribution in [2.45, 2.75) is 26.8 Å². The maximum absolute atomic E-state index is 12.9. The van der Waals surface area contributed by atoms with Crippen LogP contribution < -0.4 is 4.90 Å². The van der Waals surface area contributed by atoms with Gasteiger partial charge in [0, 0.05) is 37.0 Å². The molecule has 3 aromatic heterocycles. The normalized spacial score (nSPS) is 22.8. The number of aryl methyl sites for hydroxylation is 2. The molecule has 1 amide bonds. The number of ether oxygens (including phenoxy) is 1. The van der Waals surface area contributed by atoms with Gasteiger partial charge in [-0.1, -0.05) is 5.16 Å². The monoisotopic (exact) mass is 413 g/mol. The van der Waals surface area contributed by atoms with Crippen LogP contribution in [0.25, 0.3) is 10.2 Å². The Kier molecular flexibility index (Phi) is 4.51. The van der Waals surface area contributed by atoms with E-state index >= 15 is 0 Å². The van der Waals surface area contributed by atoms with Crippen molar-refractivity contribution in [2.75, 3.05) is 37.7 Å². The molecule has 5 heterocycles. The van der Waals surface area contributed by atoms with Crippen molar-refractivity contribution in [3.63, 3.8) is 0 Å². The van der Waals surface area contributed by atoms with E-state index in [-0.39, 0.29) is 11.3 Å². The minimum absolute atomic E-state index is 0.143. The van der Waals surface area contributed by atoms with Gasteiger partial charge < -0.3 is 19.1 Å². The van der Waals surface area contributed by atoms with Crippen LogP contribution in [0.2, 0.25) is 0 Å². The summed E-state index contributed by atoms with van der Waals surface area (Å²) >= 11 is 1.64. The molecule has 2 aliphatic heterocycles. The lowest BCUT2D eigenvalue weighted by Crippen LogP contribution is -2.41. The number of thiophene rings is 1. The van der Waals surface area contributed by atoms with E-state index in [1.54, 1.807) is 11.3 Å². The van der Waals surface area contributed by atoms with Gasteiger partial charge in [-0.3, -0.25) is 4.79 Å². The van der Waals surface area contributed by atoms with Crippen molar-refractivity contribution >= 4 is 33.4 Å². The first kappa shape index (κ1) is 18.5. The summed E-state index contributed by atoms with van der Waals surface area (Å²) < 4.78 is 12.3. The molecular weight excluding hydrogens is 390 g/mol. The number of carbonyl (C=O) groups excluding carboxylic acids is 1. The highest BCUT2D eigenvalue weighted by atomic mass is 32.1. The molecule has 1 unspecified atom stereocenters. The highest BCUT2D eigenvalue weighted by molar-refractivity contribution is 7.17. The Morgan fingerprint density at radius 2 is 2.21 bits per heavy atom. The van der Waals surface area contributed by atoms with Crippen LogP contribution in [0.3, 0.4) is 0 Å². The van der Waals surface area contributed by atoms with Crippen molar-refractivity contribution in [3.05, 3.63) is 34.7 Å². The molecule has 9 heteroatoms. The molecule has 2 saturated heterocycles. The number of anilines is 1. The molecule has 0 N–H and O–H groups in total. The second-order valence-corrected chi connectivity index (χ2v) is 8.99. The fourth-order valence-corrected chi connectivity index (χ4v) is 5.01. The fourth-order valence-electron chi connectivity index (χ4n) is 4.32. The number of hydrogen-bond acceptors (Lipinski definition) is 8. The van der Waals surface area contributed by atoms with E-state index in [4.69, 9.17) is 14.2 Å². The van der Waals surface area contributed by atoms with Crippen molar-refractivity contribution in [1.82, 2.24) is 20.0 Å². The van der Waals surface area contributed by atoms with E-state index in [0.717, 1.165) is 33.8 Å². The molecular formula is C20H23N5O3S. The Balaban J connectivity index is 1.38. The molecule has 0 bridgehead atoms. The Morgan fingerprint density at radius 1 is 1.31 bits per heavy atom. The number of carbonyl (C=O) groups is 1. The van der Waals surface area contributed by atoms with Gasteiger partial charge >= 0.3 is 0 Å². The highest BCUT2D eigenvalue weighted by Gasteiger charge is 2.46. The van der Waals surface area contributed by atoms with Gasteiger partial charge in [0.25, 0.3) is 0 Å². The van der Waals surface area contributed by atoms with Crippen molar-refractivity contribution in [3.8, 4) is 0 Å². The summed E-state index contributed by atoms with van der Waals surface area (Å²) in [4.78, 5) is 26.2. The molecule has 3 aromatic rings. The van der Waals surface area contributed by atoms with Crippen LogP contribution in [-0.2, 0) is 16.1 Å². The number of hydrogen-bond donors (Lipinski definition) is 0. The number of aromatic nitrogens is 3. The van der Waals surface area contributed by atoms with E-state index in [1.165, 1.54) is 0 Å². The lowest BCUT2D eigenvalue weighted by atomic mass is 9.87. The predicted molar refractivity (Wildman–Crippen MR) is 109 cm³/mol. The van der Waals surface area contributed by atoms with E-state index in [0.29, 0.717) is 45.2 Å². The summed E-state index contributed by atoms with van der Waals surface area (Å²) in [6.07, 6.45) is 2.35. The molecule has 0 aromatic carbocycles. The van der Waals surface area contributed by atoms with Gasteiger partial charge in [-0.15, -0.1) is 11.3 Å². The molecule has 2 aliphatic rings. The second-order valence-electron chi connectivity index (χ2n) is 8.04. The first-order valence-corrected chi connectivity index (χ1v) is 10.6. The summed E-state index contributed by atoms with van der Waals surface area (Å²) in [5.41, 5.74) is 2.53. The molecule has 8 nitrogen and oxygen atoms in total. The third kappa shape index (κ3) is 3.38. The third-order valence-corrected chi connectivity index (χ3v) is 6.69. The van der Waals surface area contributed by atoms with E-state index < -0.39 is 0 Å². The molecule has 29 heavy (non-hydrogen) atoms. The largest absolute Gasteiger partial charge is 0.379 e. The van der Waals surface area contributed by atoms with Gasteiger partial charge in [-0.05, 0) is 25.3 Å². The van der Waals surface area contributed by atoms with Crippen LogP contribution >= 0.6 is 11.3 Å². The molecule has 2 fully saturated rings. The van der Waals surface area contributed by atoms with Crippen molar-refractivity contribution in [2.24, 2.45) is 5.41 Å². The summed E-state index contributed by atoms with van der Waals surface area (Å²) in [5.74, 6) is 1.62. The lowest BCUT2D eigenvalue weighted by Gasteiger charge is -2.31. The minimum Gasteiger partial charge on any atom is -0.379 e. The Bertz CT molecular complexity index is 1040. The summed E-state index contributed by atoms with van der Waals surface area (Å²) in [6.45, 7) is 7.56.